The number of carbonyl (C=O) groups is 2. The molecule has 0 aromatic rings. The van der Waals surface area contributed by atoms with Gasteiger partial charge in [-0.1, -0.05) is 25.7 Å². The normalized spacial score (nSPS) is 8.87. The molecule has 0 bridgehead atoms. The summed E-state index contributed by atoms with van der Waals surface area (Å²) in [5, 5.41) is 14.7. The van der Waals surface area contributed by atoms with Crippen LogP contribution < -0.4 is 105 Å². The first-order valence-corrected chi connectivity index (χ1v) is 13.2. The van der Waals surface area contributed by atoms with E-state index in [2.05, 4.69) is 24.7 Å². The first kappa shape index (κ1) is 52.1. The molecule has 0 heterocycles. The molecule has 0 saturated heterocycles. The van der Waals surface area contributed by atoms with Crippen molar-refractivity contribution >= 4 is 55.4 Å². The third kappa shape index (κ3) is 55.1. The summed E-state index contributed by atoms with van der Waals surface area (Å²) in [5.74, 6) is 0. The minimum absolute atomic E-state index is 0. The molecule has 0 rings (SSSR count). The maximum absolute atomic E-state index is 10.9. The fourth-order valence-corrected chi connectivity index (χ4v) is 2.50. The van der Waals surface area contributed by atoms with E-state index in [0.717, 1.165) is 32.1 Å². The summed E-state index contributed by atoms with van der Waals surface area (Å²) in [4.78, 5) is 47.6. The smallest absolute Gasteiger partial charge is 1.00 e. The van der Waals surface area contributed by atoms with Crippen LogP contribution in [0.5, 0.6) is 0 Å². The molecule has 39 heavy (non-hydrogen) atoms. The zero-order valence-corrected chi connectivity index (χ0v) is 30.4. The van der Waals surface area contributed by atoms with Gasteiger partial charge in [-0.3, -0.25) is 14.6 Å². The van der Waals surface area contributed by atoms with Crippen LogP contribution in [0.1, 0.15) is 54.2 Å². The Hall–Kier alpha value is 0.460. The molecule has 2 amide bonds. The van der Waals surface area contributed by atoms with Crippen molar-refractivity contribution in [2.45, 2.75) is 51.4 Å². The predicted molar refractivity (Wildman–Crippen MR) is 122 cm³/mol. The number of unbranched alkanes of at least 4 members (excludes halogenated alkanes) is 6. The van der Waals surface area contributed by atoms with Crippen molar-refractivity contribution in [2.24, 2.45) is 9.98 Å². The summed E-state index contributed by atoms with van der Waals surface area (Å²) in [6, 6.07) is 0. The van der Waals surface area contributed by atoms with Gasteiger partial charge >= 0.3 is 110 Å². The number of isocyanates is 2. The SMILES string of the molecule is O=C(NCCCCCCNC(=O)S(=O)(=O)[O-])SOO[O-].O=C=NCCCCCCN=C=O.O=S(=O)=O.[H-].[HH].[Na+].[Na+].[Na+]. The zero-order chi connectivity index (χ0) is 28.1. The molecule has 0 aliphatic heterocycles. The van der Waals surface area contributed by atoms with E-state index in [0.29, 0.717) is 38.9 Å². The summed E-state index contributed by atoms with van der Waals surface area (Å²) in [6.45, 7) is 1.58. The zero-order valence-electron chi connectivity index (χ0n) is 22.9. The van der Waals surface area contributed by atoms with Gasteiger partial charge < -0.3 is 21.9 Å². The molecule has 0 aromatic heterocycles. The van der Waals surface area contributed by atoms with Crippen molar-refractivity contribution in [1.82, 2.24) is 10.6 Å². The number of aliphatic imine (C=N–C) groups is 2. The monoisotopic (exact) mass is 650 g/mol. The van der Waals surface area contributed by atoms with Crippen molar-refractivity contribution < 1.29 is 151 Å². The molecule has 0 radical (unpaired) electrons. The number of hydrogen-bond donors (Lipinski definition) is 2. The Morgan fingerprint density at radius 3 is 1.59 bits per heavy atom. The summed E-state index contributed by atoms with van der Waals surface area (Å²) in [7, 11) is -8.03. The van der Waals surface area contributed by atoms with E-state index in [1.54, 1.807) is 0 Å². The van der Waals surface area contributed by atoms with Gasteiger partial charge in [-0.25, -0.2) is 28.0 Å². The number of carbonyl (C=O) groups excluding carboxylic acids is 4. The van der Waals surface area contributed by atoms with E-state index >= 15 is 0 Å². The fourth-order valence-electron chi connectivity index (χ4n) is 1.97. The first-order valence-electron chi connectivity index (χ1n) is 10.0. The quantitative estimate of drug-likeness (QED) is 0.0230. The van der Waals surface area contributed by atoms with Crippen molar-refractivity contribution in [3.05, 3.63) is 0 Å². The summed E-state index contributed by atoms with van der Waals surface area (Å²) in [5.41, 5.74) is 0. The molecule has 23 heteroatoms. The maximum atomic E-state index is 10.9. The number of nitrogens with zero attached hydrogens (tertiary/aromatic N) is 2. The number of amides is 2. The summed E-state index contributed by atoms with van der Waals surface area (Å²) >= 11 is 0.235. The molecule has 0 fully saturated rings. The van der Waals surface area contributed by atoms with Gasteiger partial charge in [0, 0.05) is 14.5 Å². The van der Waals surface area contributed by atoms with Gasteiger partial charge in [0.05, 0.1) is 13.1 Å². The largest absolute Gasteiger partial charge is 1.00 e. The van der Waals surface area contributed by atoms with E-state index in [1.807, 2.05) is 5.32 Å². The Balaban J connectivity index is -0.0000000751. The molecule has 212 valence electrons. The van der Waals surface area contributed by atoms with Crippen LogP contribution in [0.3, 0.4) is 0 Å². The molecule has 0 saturated carbocycles. The van der Waals surface area contributed by atoms with Gasteiger partial charge in [-0.05, 0) is 25.7 Å². The second-order valence-electron chi connectivity index (χ2n) is 6.08. The number of rotatable bonds is 16. The Kier molecular flexibility index (Phi) is 54.3. The number of hydrogen-bond acceptors (Lipinski definition) is 16. The molecule has 2 N–H and O–H groups in total. The van der Waals surface area contributed by atoms with Crippen LogP contribution in [-0.2, 0) is 39.7 Å². The molecule has 0 atom stereocenters. The van der Waals surface area contributed by atoms with Crippen LogP contribution in [0.25, 0.3) is 0 Å². The molecule has 0 aliphatic rings. The van der Waals surface area contributed by atoms with Crippen molar-refractivity contribution in [3.63, 3.8) is 0 Å². The third-order valence-electron chi connectivity index (χ3n) is 3.43. The molecule has 0 spiro atoms. The summed E-state index contributed by atoms with van der Waals surface area (Å²) < 4.78 is 59.8. The maximum Gasteiger partial charge on any atom is 1.00 e. The van der Waals surface area contributed by atoms with Gasteiger partial charge in [0.25, 0.3) is 0 Å². The Bertz CT molecular complexity index is 899. The third-order valence-corrected chi connectivity index (χ3v) is 4.44. The van der Waals surface area contributed by atoms with E-state index in [-0.39, 0.29) is 110 Å². The average molecular weight is 651 g/mol. The molecule has 0 aliphatic carbocycles. The van der Waals surface area contributed by atoms with E-state index in [9.17, 15) is 37.4 Å². The first-order chi connectivity index (χ1) is 17.0. The Morgan fingerprint density at radius 2 is 1.23 bits per heavy atom. The Morgan fingerprint density at radius 1 is 0.846 bits per heavy atom. The van der Waals surface area contributed by atoms with Gasteiger partial charge in [0.2, 0.25) is 12.2 Å². The van der Waals surface area contributed by atoms with E-state index in [1.165, 1.54) is 12.2 Å². The molecular formula is C16H29N4Na3O13S3. The van der Waals surface area contributed by atoms with Crippen LogP contribution in [-0.4, -0.2) is 74.4 Å². The molecule has 0 unspecified atom stereocenters. The average Bonchev–Trinajstić information content (AvgIpc) is 2.80. The molecule has 17 nitrogen and oxygen atoms in total. The minimum atomic E-state index is -4.92. The van der Waals surface area contributed by atoms with Crippen molar-refractivity contribution in [2.75, 3.05) is 26.2 Å². The minimum Gasteiger partial charge on any atom is -1.00 e. The fraction of sp³-hybridized carbons (Fsp3) is 0.750. The second kappa shape index (κ2) is 40.6. The van der Waals surface area contributed by atoms with Gasteiger partial charge in [-0.2, -0.15) is 4.33 Å². The van der Waals surface area contributed by atoms with Crippen molar-refractivity contribution in [1.29, 1.82) is 0 Å². The van der Waals surface area contributed by atoms with Gasteiger partial charge in [0.15, 0.2) is 10.1 Å². The van der Waals surface area contributed by atoms with Crippen LogP contribution >= 0.6 is 12.0 Å². The molecule has 0 aromatic carbocycles. The van der Waals surface area contributed by atoms with Crippen LogP contribution in [0.4, 0.5) is 9.59 Å². The Labute approximate surface area is 301 Å². The van der Waals surface area contributed by atoms with Crippen LogP contribution in [0.2, 0.25) is 0 Å². The topological polar surface area (TPSA) is 267 Å². The van der Waals surface area contributed by atoms with Crippen LogP contribution in [0, 0.1) is 0 Å². The molecular weight excluding hydrogens is 621 g/mol. The van der Waals surface area contributed by atoms with Crippen LogP contribution in [0.15, 0.2) is 9.98 Å². The standard InChI is InChI=1S/C8H16N2O8S2.C8H12N2O2.3Na.O3S.H2.H/c11-7(19-18-17-13)9-5-3-1-2-4-6-10-8(12)20(14,15)16;11-7-9-5-3-1-2-4-6-10-8-12;;;;1-4(2)3;;/h13H,1-6H2,(H,9,11)(H,10,12)(H,14,15,16);1-6H2;;;;;1H;/q;;3*+1;;;-1/p-2. The van der Waals surface area contributed by atoms with Gasteiger partial charge in [0.1, 0.15) is 12.0 Å². The predicted octanol–water partition coefficient (Wildman–Crippen LogP) is -9.03. The van der Waals surface area contributed by atoms with E-state index in [4.69, 9.17) is 12.6 Å². The number of nitrogens with one attached hydrogen (secondary N) is 2. The van der Waals surface area contributed by atoms with Crippen molar-refractivity contribution in [3.8, 4) is 0 Å². The van der Waals surface area contributed by atoms with E-state index < -0.39 is 31.2 Å². The second-order valence-corrected chi connectivity index (χ2v) is 8.44. The summed E-state index contributed by atoms with van der Waals surface area (Å²) in [6.07, 6.45) is 9.37. The van der Waals surface area contributed by atoms with Gasteiger partial charge in [-0.15, -0.1) is 12.6 Å².